The van der Waals surface area contributed by atoms with Crippen LogP contribution in [0.1, 0.15) is 6.92 Å². The molecule has 0 unspecified atom stereocenters. The minimum Gasteiger partial charge on any atom is -0.379 e. The van der Waals surface area contributed by atoms with Gasteiger partial charge in [0.2, 0.25) is 0 Å². The molecule has 34 heavy (non-hydrogen) atoms. The van der Waals surface area contributed by atoms with Gasteiger partial charge in [-0.2, -0.15) is 10.0 Å². The first kappa shape index (κ1) is 22.8. The molecule has 180 valence electrons. The van der Waals surface area contributed by atoms with Gasteiger partial charge < -0.3 is 14.8 Å². The van der Waals surface area contributed by atoms with Gasteiger partial charge >= 0.3 is 6.03 Å². The maximum absolute atomic E-state index is 12.0. The third-order valence-electron chi connectivity index (χ3n) is 5.49. The van der Waals surface area contributed by atoms with Crippen LogP contribution in [0, 0.1) is 0 Å². The van der Waals surface area contributed by atoms with Crippen LogP contribution in [0.2, 0.25) is 0 Å². The number of carbonyl (C=O) groups excluding carboxylic acids is 1. The van der Waals surface area contributed by atoms with Gasteiger partial charge in [0.1, 0.15) is 16.7 Å². The number of nitrogens with zero attached hydrogens (tertiary/aromatic N) is 7. The van der Waals surface area contributed by atoms with E-state index in [1.54, 1.807) is 12.4 Å². The molecule has 0 spiro atoms. The number of aromatic nitrogens is 4. The number of fused-ring (bicyclic) bond motifs is 1. The van der Waals surface area contributed by atoms with Crippen molar-refractivity contribution >= 4 is 38.7 Å². The van der Waals surface area contributed by atoms with E-state index in [1.807, 2.05) is 13.0 Å². The maximum Gasteiger partial charge on any atom is 0.321 e. The lowest BCUT2D eigenvalue weighted by Gasteiger charge is -2.45. The van der Waals surface area contributed by atoms with Crippen molar-refractivity contribution in [2.45, 2.75) is 6.92 Å². The van der Waals surface area contributed by atoms with E-state index in [2.05, 4.69) is 40.7 Å². The van der Waals surface area contributed by atoms with Gasteiger partial charge in [-0.3, -0.25) is 5.32 Å². The summed E-state index contributed by atoms with van der Waals surface area (Å²) in [5, 5.41) is 12.7. The number of urea groups is 1. The number of ether oxygens (including phenoxy) is 2. The Bertz CT molecular complexity index is 1100. The third-order valence-corrected chi connectivity index (χ3v) is 6.37. The number of hydrogen-bond acceptors (Lipinski definition) is 11. The number of nitrogens with one attached hydrogen (secondary N) is 2. The van der Waals surface area contributed by atoms with Crippen LogP contribution in [0.15, 0.2) is 24.8 Å². The van der Waals surface area contributed by atoms with Crippen LogP contribution >= 0.6 is 11.3 Å². The molecule has 0 atom stereocenters. The summed E-state index contributed by atoms with van der Waals surface area (Å²) in [7, 11) is 0. The number of pyridine rings is 1. The first-order valence-electron chi connectivity index (χ1n) is 11.3. The molecule has 2 amide bonds. The summed E-state index contributed by atoms with van der Waals surface area (Å²) in [5.41, 5.74) is 2.40. The highest BCUT2D eigenvalue weighted by Gasteiger charge is 2.30. The summed E-state index contributed by atoms with van der Waals surface area (Å²) in [6.45, 7) is 7.97. The fraction of sp³-hybridized carbons (Fsp3) is 0.476. The molecule has 0 aliphatic carbocycles. The van der Waals surface area contributed by atoms with E-state index in [1.165, 1.54) is 17.7 Å². The quantitative estimate of drug-likeness (QED) is 0.532. The predicted octanol–water partition coefficient (Wildman–Crippen LogP) is 1.59. The van der Waals surface area contributed by atoms with Gasteiger partial charge in [-0.25, -0.2) is 29.8 Å². The number of carbonyl (C=O) groups is 1. The molecule has 0 radical (unpaired) electrons. The molecular formula is C21H27N9O3S. The largest absolute Gasteiger partial charge is 0.379 e. The number of hydrogen-bond donors (Lipinski definition) is 2. The van der Waals surface area contributed by atoms with Crippen LogP contribution in [-0.2, 0) is 9.47 Å². The van der Waals surface area contributed by atoms with Gasteiger partial charge in [0.05, 0.1) is 26.4 Å². The molecule has 12 nitrogen and oxygen atoms in total. The Labute approximate surface area is 200 Å². The fourth-order valence-corrected chi connectivity index (χ4v) is 4.76. The Morgan fingerprint density at radius 3 is 2.32 bits per heavy atom. The highest BCUT2D eigenvalue weighted by atomic mass is 32.1. The molecule has 3 aromatic heterocycles. The summed E-state index contributed by atoms with van der Waals surface area (Å²) in [6.07, 6.45) is 5.06. The van der Waals surface area contributed by atoms with Crippen LogP contribution in [0.25, 0.3) is 21.5 Å². The number of anilines is 2. The van der Waals surface area contributed by atoms with Crippen molar-refractivity contribution < 1.29 is 14.3 Å². The van der Waals surface area contributed by atoms with E-state index < -0.39 is 0 Å². The number of thiazole rings is 1. The second-order valence-electron chi connectivity index (χ2n) is 7.74. The molecule has 2 saturated heterocycles. The Hall–Kier alpha value is -2.97. The van der Waals surface area contributed by atoms with Crippen molar-refractivity contribution in [2.75, 3.05) is 69.6 Å². The predicted molar refractivity (Wildman–Crippen MR) is 128 cm³/mol. The van der Waals surface area contributed by atoms with Crippen LogP contribution in [0.4, 0.5) is 15.7 Å². The Balaban J connectivity index is 1.61. The van der Waals surface area contributed by atoms with E-state index in [-0.39, 0.29) is 6.03 Å². The normalized spacial score (nSPS) is 17.6. The van der Waals surface area contributed by atoms with E-state index in [4.69, 9.17) is 14.5 Å². The van der Waals surface area contributed by atoms with Crippen molar-refractivity contribution in [2.24, 2.45) is 0 Å². The van der Waals surface area contributed by atoms with Gasteiger partial charge in [-0.15, -0.1) is 0 Å². The molecule has 0 saturated carbocycles. The minimum absolute atomic E-state index is 0.290. The van der Waals surface area contributed by atoms with Crippen LogP contribution in [0.3, 0.4) is 0 Å². The summed E-state index contributed by atoms with van der Waals surface area (Å²) >= 11 is 1.34. The average molecular weight is 486 g/mol. The molecule has 0 bridgehead atoms. The second kappa shape index (κ2) is 10.5. The van der Waals surface area contributed by atoms with Crippen LogP contribution < -0.4 is 15.8 Å². The molecule has 5 heterocycles. The Morgan fingerprint density at radius 1 is 1.06 bits per heavy atom. The first-order chi connectivity index (χ1) is 16.7. The molecular weight excluding hydrogens is 458 g/mol. The van der Waals surface area contributed by atoms with E-state index in [0.29, 0.717) is 43.6 Å². The Morgan fingerprint density at radius 2 is 1.71 bits per heavy atom. The van der Waals surface area contributed by atoms with E-state index in [0.717, 1.165) is 48.0 Å². The lowest BCUT2D eigenvalue weighted by atomic mass is 10.1. The molecule has 0 aromatic carbocycles. The number of rotatable bonds is 6. The summed E-state index contributed by atoms with van der Waals surface area (Å²) in [5.74, 6) is 0.763. The topological polar surface area (TPSA) is 121 Å². The lowest BCUT2D eigenvalue weighted by Crippen LogP contribution is -2.60. The number of hydrazine groups is 2. The van der Waals surface area contributed by atoms with Crippen molar-refractivity contribution in [1.29, 1.82) is 0 Å². The maximum atomic E-state index is 12.0. The molecule has 2 aliphatic heterocycles. The van der Waals surface area contributed by atoms with E-state index in [9.17, 15) is 4.79 Å². The second-order valence-corrected chi connectivity index (χ2v) is 8.71. The summed E-state index contributed by atoms with van der Waals surface area (Å²) in [4.78, 5) is 30.9. The molecule has 2 aliphatic rings. The first-order valence-corrected chi connectivity index (χ1v) is 12.1. The number of amides is 2. The zero-order chi connectivity index (χ0) is 23.3. The molecule has 5 rings (SSSR count). The lowest BCUT2D eigenvalue weighted by molar-refractivity contribution is -0.0395. The fourth-order valence-electron chi connectivity index (χ4n) is 3.95. The SMILES string of the molecule is CCNC(=O)Nc1nc2cc(-c3cncnc3)c(N(N3CCOCC3)N3CCOCC3)nc2s1. The molecule has 2 N–H and O–H groups in total. The van der Waals surface area contributed by atoms with Crippen molar-refractivity contribution in [3.63, 3.8) is 0 Å². The smallest absolute Gasteiger partial charge is 0.321 e. The van der Waals surface area contributed by atoms with Gasteiger partial charge in [-0.05, 0) is 13.0 Å². The monoisotopic (exact) mass is 485 g/mol. The van der Waals surface area contributed by atoms with Gasteiger partial charge in [0.15, 0.2) is 10.9 Å². The van der Waals surface area contributed by atoms with Crippen molar-refractivity contribution in [3.8, 4) is 11.1 Å². The third kappa shape index (κ3) is 4.93. The average Bonchev–Trinajstić information content (AvgIpc) is 3.27. The van der Waals surface area contributed by atoms with Crippen LogP contribution in [-0.4, -0.2) is 95.1 Å². The van der Waals surface area contributed by atoms with Crippen molar-refractivity contribution in [1.82, 2.24) is 35.3 Å². The van der Waals surface area contributed by atoms with Gasteiger partial charge in [0, 0.05) is 56.2 Å². The van der Waals surface area contributed by atoms with Gasteiger partial charge in [0.25, 0.3) is 0 Å². The van der Waals surface area contributed by atoms with Crippen LogP contribution in [0.5, 0.6) is 0 Å². The molecule has 3 aromatic rings. The molecule has 13 heteroatoms. The van der Waals surface area contributed by atoms with Crippen molar-refractivity contribution in [3.05, 3.63) is 24.8 Å². The zero-order valence-corrected chi connectivity index (χ0v) is 19.8. The summed E-state index contributed by atoms with van der Waals surface area (Å²) in [6, 6.07) is 1.70. The molecule has 2 fully saturated rings. The Kier molecular flexibility index (Phi) is 7.06. The standard InChI is InChI=1S/C21H27N9O3S/c1-2-24-20(31)27-21-25-17-11-16(15-12-22-14-23-13-15)18(26-19(17)34-21)30(28-3-7-32-8-4-28)29-5-9-33-10-6-29/h11-14H,2-10H2,1H3,(H2,24,25,27,31). The minimum atomic E-state index is -0.290. The summed E-state index contributed by atoms with van der Waals surface area (Å²) < 4.78 is 11.2. The zero-order valence-electron chi connectivity index (χ0n) is 18.9. The number of morpholine rings is 2. The highest BCUT2D eigenvalue weighted by molar-refractivity contribution is 7.22. The van der Waals surface area contributed by atoms with E-state index >= 15 is 0 Å². The van der Waals surface area contributed by atoms with Gasteiger partial charge in [-0.1, -0.05) is 11.3 Å². The highest BCUT2D eigenvalue weighted by Crippen LogP contribution is 2.36.